The lowest BCUT2D eigenvalue weighted by Gasteiger charge is -2.08. The molecule has 4 rings (SSSR count). The van der Waals surface area contributed by atoms with Crippen LogP contribution < -0.4 is 14.8 Å². The van der Waals surface area contributed by atoms with Gasteiger partial charge < -0.3 is 19.3 Å². The molecule has 1 N–H and O–H groups in total. The van der Waals surface area contributed by atoms with Gasteiger partial charge in [0.1, 0.15) is 23.1 Å². The molecule has 28 heavy (non-hydrogen) atoms. The zero-order valence-corrected chi connectivity index (χ0v) is 15.8. The van der Waals surface area contributed by atoms with E-state index in [2.05, 4.69) is 21.5 Å². The molecule has 2 aromatic heterocycles. The van der Waals surface area contributed by atoms with Gasteiger partial charge in [-0.2, -0.15) is 0 Å². The molecule has 0 fully saturated rings. The first-order valence-corrected chi connectivity index (χ1v) is 9.25. The first-order chi connectivity index (χ1) is 13.6. The van der Waals surface area contributed by atoms with E-state index in [4.69, 9.17) is 14.0 Å². The summed E-state index contributed by atoms with van der Waals surface area (Å²) in [6.07, 6.45) is 2.67. The summed E-state index contributed by atoms with van der Waals surface area (Å²) in [5.41, 5.74) is 3.12. The predicted molar refractivity (Wildman–Crippen MR) is 102 cm³/mol. The number of benzene rings is 1. The van der Waals surface area contributed by atoms with Gasteiger partial charge >= 0.3 is 0 Å². The molecule has 0 unspecified atom stereocenters. The maximum Gasteiger partial charge on any atom is 0.257 e. The van der Waals surface area contributed by atoms with E-state index in [1.807, 2.05) is 32.0 Å². The number of pyridine rings is 1. The van der Waals surface area contributed by atoms with Crippen LogP contribution in [-0.2, 0) is 13.0 Å². The topological polar surface area (TPSA) is 86.5 Å². The molecule has 0 bridgehead atoms. The van der Waals surface area contributed by atoms with E-state index in [1.165, 1.54) is 0 Å². The largest absolute Gasteiger partial charge is 0.490 e. The van der Waals surface area contributed by atoms with E-state index in [9.17, 15) is 4.79 Å². The molecule has 0 saturated heterocycles. The number of carbonyl (C=O) groups is 1. The van der Waals surface area contributed by atoms with Crippen molar-refractivity contribution in [1.29, 1.82) is 0 Å². The zero-order chi connectivity index (χ0) is 19.5. The fourth-order valence-corrected chi connectivity index (χ4v) is 3.19. The van der Waals surface area contributed by atoms with Crippen LogP contribution in [0.1, 0.15) is 35.5 Å². The number of hydrogen-bond donors (Lipinski definition) is 1. The average Bonchev–Trinajstić information content (AvgIpc) is 3.31. The Kier molecular flexibility index (Phi) is 4.97. The van der Waals surface area contributed by atoms with Gasteiger partial charge in [-0.25, -0.2) is 4.98 Å². The number of aromatic nitrogens is 2. The van der Waals surface area contributed by atoms with Crippen LogP contribution in [0.15, 0.2) is 47.1 Å². The minimum absolute atomic E-state index is 0.194. The summed E-state index contributed by atoms with van der Waals surface area (Å²) in [7, 11) is 0. The van der Waals surface area contributed by atoms with Gasteiger partial charge in [-0.1, -0.05) is 5.16 Å². The third kappa shape index (κ3) is 3.69. The second-order valence-electron chi connectivity index (χ2n) is 6.61. The Morgan fingerprint density at radius 2 is 2.21 bits per heavy atom. The van der Waals surface area contributed by atoms with Crippen molar-refractivity contribution < 1.29 is 18.8 Å². The normalized spacial score (nSPS) is 15.0. The minimum Gasteiger partial charge on any atom is -0.490 e. The number of carbonyl (C=O) groups excluding carboxylic acids is 1. The maximum absolute atomic E-state index is 12.4. The molecule has 144 valence electrons. The van der Waals surface area contributed by atoms with Crippen molar-refractivity contribution in [1.82, 2.24) is 15.5 Å². The van der Waals surface area contributed by atoms with Gasteiger partial charge in [0, 0.05) is 24.2 Å². The number of nitrogens with one attached hydrogen (secondary N) is 1. The Balaban J connectivity index is 1.43. The molecule has 7 heteroatoms. The summed E-state index contributed by atoms with van der Waals surface area (Å²) < 4.78 is 16.6. The highest BCUT2D eigenvalue weighted by Crippen LogP contribution is 2.33. The summed E-state index contributed by atoms with van der Waals surface area (Å²) in [5.74, 6) is 1.62. The van der Waals surface area contributed by atoms with Crippen LogP contribution in [0, 0.1) is 0 Å². The molecule has 1 aliphatic heterocycles. The third-order valence-electron chi connectivity index (χ3n) is 4.47. The maximum atomic E-state index is 12.4. The van der Waals surface area contributed by atoms with Crippen molar-refractivity contribution >= 4 is 5.91 Å². The molecule has 7 nitrogen and oxygen atoms in total. The predicted octanol–water partition coefficient (Wildman–Crippen LogP) is 3.39. The molecule has 1 amide bonds. The molecule has 1 aromatic carbocycles. The molecule has 3 heterocycles. The van der Waals surface area contributed by atoms with Crippen LogP contribution in [0.2, 0.25) is 0 Å². The van der Waals surface area contributed by atoms with Gasteiger partial charge in [-0.15, -0.1) is 0 Å². The molecule has 1 aliphatic rings. The lowest BCUT2D eigenvalue weighted by molar-refractivity contribution is 0.0945. The van der Waals surface area contributed by atoms with Gasteiger partial charge in [0.2, 0.25) is 5.88 Å². The Hall–Kier alpha value is -3.35. The van der Waals surface area contributed by atoms with Crippen LogP contribution in [-0.4, -0.2) is 28.8 Å². The smallest absolute Gasteiger partial charge is 0.257 e. The van der Waals surface area contributed by atoms with Crippen molar-refractivity contribution in [3.8, 4) is 23.0 Å². The summed E-state index contributed by atoms with van der Waals surface area (Å²) in [5, 5.41) is 6.88. The molecule has 0 radical (unpaired) electrons. The van der Waals surface area contributed by atoms with Crippen LogP contribution in [0.3, 0.4) is 0 Å². The average molecular weight is 379 g/mol. The number of rotatable bonds is 6. The third-order valence-corrected chi connectivity index (χ3v) is 4.47. The second kappa shape index (κ2) is 7.72. The van der Waals surface area contributed by atoms with Crippen molar-refractivity contribution in [3.05, 3.63) is 59.4 Å². The summed E-state index contributed by atoms with van der Waals surface area (Å²) in [4.78, 5) is 16.5. The van der Waals surface area contributed by atoms with Crippen molar-refractivity contribution in [2.75, 3.05) is 6.61 Å². The fourth-order valence-electron chi connectivity index (χ4n) is 3.19. The molecule has 0 aliphatic carbocycles. The molecule has 1 atom stereocenters. The number of hydrogen-bond acceptors (Lipinski definition) is 6. The molecule has 0 spiro atoms. The highest BCUT2D eigenvalue weighted by atomic mass is 16.5. The van der Waals surface area contributed by atoms with Gasteiger partial charge in [0.05, 0.1) is 13.2 Å². The molecular weight excluding hydrogens is 358 g/mol. The van der Waals surface area contributed by atoms with Gasteiger partial charge in [0.25, 0.3) is 5.91 Å². The molecular formula is C21H21N3O4. The van der Waals surface area contributed by atoms with Crippen LogP contribution in [0.25, 0.3) is 11.3 Å². The van der Waals surface area contributed by atoms with Crippen LogP contribution >= 0.6 is 0 Å². The van der Waals surface area contributed by atoms with E-state index in [-0.39, 0.29) is 18.6 Å². The minimum atomic E-state index is -0.273. The zero-order valence-electron chi connectivity index (χ0n) is 15.8. The second-order valence-corrected chi connectivity index (χ2v) is 6.61. The van der Waals surface area contributed by atoms with E-state index in [1.54, 1.807) is 18.3 Å². The lowest BCUT2D eigenvalue weighted by atomic mass is 10.1. The number of ether oxygens (including phenoxy) is 2. The SMILES string of the molecule is CCOc1ncccc1C(=O)NCc1cc(-c2ccc3c(c2)C[C@@H](C)O3)on1. The lowest BCUT2D eigenvalue weighted by Crippen LogP contribution is -2.24. The van der Waals surface area contributed by atoms with E-state index in [0.717, 1.165) is 23.3 Å². The molecule has 3 aromatic rings. The highest BCUT2D eigenvalue weighted by Gasteiger charge is 2.20. The van der Waals surface area contributed by atoms with Crippen molar-refractivity contribution in [2.45, 2.75) is 32.9 Å². The number of fused-ring (bicyclic) bond motifs is 1. The van der Waals surface area contributed by atoms with Crippen molar-refractivity contribution in [2.24, 2.45) is 0 Å². The standard InChI is InChI=1S/C21H21N3O4/c1-3-26-21-17(5-4-8-22-21)20(25)23-12-16-11-19(28-24-16)14-6-7-18-15(10-14)9-13(2)27-18/h4-8,10-11,13H,3,9,12H2,1-2H3,(H,23,25)/t13-/m1/s1. The fraction of sp³-hybridized carbons (Fsp3) is 0.286. The summed E-state index contributed by atoms with van der Waals surface area (Å²) in [6.45, 7) is 4.58. The van der Waals surface area contributed by atoms with Gasteiger partial charge in [-0.3, -0.25) is 4.79 Å². The first kappa shape index (κ1) is 18.0. The van der Waals surface area contributed by atoms with Gasteiger partial charge in [0.15, 0.2) is 5.76 Å². The quantitative estimate of drug-likeness (QED) is 0.706. The highest BCUT2D eigenvalue weighted by molar-refractivity contribution is 5.96. The van der Waals surface area contributed by atoms with Gasteiger partial charge in [-0.05, 0) is 49.7 Å². The van der Waals surface area contributed by atoms with E-state index >= 15 is 0 Å². The summed E-state index contributed by atoms with van der Waals surface area (Å²) >= 11 is 0. The Labute approximate surface area is 162 Å². The molecule has 0 saturated carbocycles. The Morgan fingerprint density at radius 3 is 3.07 bits per heavy atom. The Bertz CT molecular complexity index is 999. The van der Waals surface area contributed by atoms with E-state index < -0.39 is 0 Å². The number of nitrogens with zero attached hydrogens (tertiary/aromatic N) is 2. The Morgan fingerprint density at radius 1 is 1.32 bits per heavy atom. The summed E-state index contributed by atoms with van der Waals surface area (Å²) in [6, 6.07) is 11.2. The number of amides is 1. The van der Waals surface area contributed by atoms with Crippen LogP contribution in [0.4, 0.5) is 0 Å². The van der Waals surface area contributed by atoms with E-state index in [0.29, 0.717) is 29.5 Å². The van der Waals surface area contributed by atoms with Crippen molar-refractivity contribution in [3.63, 3.8) is 0 Å². The first-order valence-electron chi connectivity index (χ1n) is 9.25. The van der Waals surface area contributed by atoms with Crippen LogP contribution in [0.5, 0.6) is 11.6 Å². The monoisotopic (exact) mass is 379 g/mol.